The highest BCUT2D eigenvalue weighted by Crippen LogP contribution is 2.25. The zero-order valence-corrected chi connectivity index (χ0v) is 10.5. The largest absolute Gasteiger partial charge is 0.373 e. The Morgan fingerprint density at radius 2 is 2.28 bits per heavy atom. The van der Waals surface area contributed by atoms with Crippen LogP contribution in [-0.2, 0) is 4.79 Å². The van der Waals surface area contributed by atoms with Crippen LogP contribution < -0.4 is 10.2 Å². The van der Waals surface area contributed by atoms with Gasteiger partial charge in [0.25, 0.3) is 0 Å². The molecule has 3 rings (SSSR count). The van der Waals surface area contributed by atoms with Gasteiger partial charge in [0.15, 0.2) is 0 Å². The molecule has 2 aliphatic heterocycles. The maximum Gasteiger partial charge on any atom is 0.223 e. The van der Waals surface area contributed by atoms with Crippen molar-refractivity contribution in [1.82, 2.24) is 14.9 Å². The molecular formula is C12H17N5O. The monoisotopic (exact) mass is 247 g/mol. The summed E-state index contributed by atoms with van der Waals surface area (Å²) in [5.41, 5.74) is 0. The predicted octanol–water partition coefficient (Wildman–Crippen LogP) is 0.329. The van der Waals surface area contributed by atoms with E-state index < -0.39 is 0 Å². The number of aromatic nitrogens is 2. The van der Waals surface area contributed by atoms with Gasteiger partial charge >= 0.3 is 0 Å². The van der Waals surface area contributed by atoms with Crippen LogP contribution in [0, 0.1) is 0 Å². The van der Waals surface area contributed by atoms with Crippen molar-refractivity contribution in [1.29, 1.82) is 0 Å². The Morgan fingerprint density at radius 3 is 3.11 bits per heavy atom. The molecule has 2 fully saturated rings. The van der Waals surface area contributed by atoms with Gasteiger partial charge in [-0.3, -0.25) is 4.79 Å². The third-order valence-corrected chi connectivity index (χ3v) is 3.73. The van der Waals surface area contributed by atoms with Crippen LogP contribution in [0.2, 0.25) is 0 Å². The average molecular weight is 247 g/mol. The topological polar surface area (TPSA) is 61.4 Å². The van der Waals surface area contributed by atoms with Crippen molar-refractivity contribution in [2.45, 2.75) is 18.9 Å². The summed E-state index contributed by atoms with van der Waals surface area (Å²) in [7, 11) is 1.85. The summed E-state index contributed by atoms with van der Waals surface area (Å²) in [5, 5.41) is 3.02. The first-order chi connectivity index (χ1) is 8.78. The number of amides is 1. The van der Waals surface area contributed by atoms with Crippen LogP contribution in [0.3, 0.4) is 0 Å². The number of nitrogens with one attached hydrogen (secondary N) is 1. The van der Waals surface area contributed by atoms with Crippen molar-refractivity contribution in [2.24, 2.45) is 0 Å². The van der Waals surface area contributed by atoms with Gasteiger partial charge in [0.05, 0.1) is 0 Å². The first-order valence-corrected chi connectivity index (χ1v) is 6.32. The minimum Gasteiger partial charge on any atom is -0.373 e. The van der Waals surface area contributed by atoms with Crippen LogP contribution in [0.4, 0.5) is 11.6 Å². The SMILES string of the molecule is CNc1cc(N2CCN3C(=O)CCC3C2)ncn1. The highest BCUT2D eigenvalue weighted by atomic mass is 16.2. The number of piperazine rings is 1. The molecule has 96 valence electrons. The number of nitrogens with zero attached hydrogens (tertiary/aromatic N) is 4. The van der Waals surface area contributed by atoms with Gasteiger partial charge in [-0.1, -0.05) is 0 Å². The van der Waals surface area contributed by atoms with Gasteiger partial charge in [-0.2, -0.15) is 0 Å². The molecule has 0 radical (unpaired) electrons. The number of anilines is 2. The number of hydrogen-bond donors (Lipinski definition) is 1. The molecular weight excluding hydrogens is 230 g/mol. The molecule has 1 amide bonds. The molecule has 18 heavy (non-hydrogen) atoms. The van der Waals surface area contributed by atoms with E-state index in [2.05, 4.69) is 20.2 Å². The van der Waals surface area contributed by atoms with Gasteiger partial charge in [-0.05, 0) is 6.42 Å². The van der Waals surface area contributed by atoms with E-state index in [1.54, 1.807) is 6.33 Å². The van der Waals surface area contributed by atoms with Crippen molar-refractivity contribution in [3.63, 3.8) is 0 Å². The van der Waals surface area contributed by atoms with Crippen LogP contribution in [0.5, 0.6) is 0 Å². The van der Waals surface area contributed by atoms with Crippen LogP contribution >= 0.6 is 0 Å². The summed E-state index contributed by atoms with van der Waals surface area (Å²) in [6, 6.07) is 2.31. The van der Waals surface area contributed by atoms with Crippen LogP contribution in [0.25, 0.3) is 0 Å². The van der Waals surface area contributed by atoms with Crippen molar-refractivity contribution in [3.05, 3.63) is 12.4 Å². The lowest BCUT2D eigenvalue weighted by molar-refractivity contribution is -0.129. The van der Waals surface area contributed by atoms with E-state index in [9.17, 15) is 4.79 Å². The van der Waals surface area contributed by atoms with Crippen molar-refractivity contribution in [3.8, 4) is 0 Å². The molecule has 1 aromatic rings. The maximum absolute atomic E-state index is 11.6. The average Bonchev–Trinajstić information content (AvgIpc) is 2.80. The highest BCUT2D eigenvalue weighted by molar-refractivity contribution is 5.79. The predicted molar refractivity (Wildman–Crippen MR) is 68.5 cm³/mol. The van der Waals surface area contributed by atoms with E-state index in [4.69, 9.17) is 0 Å². The summed E-state index contributed by atoms with van der Waals surface area (Å²) in [6.07, 6.45) is 3.25. The van der Waals surface area contributed by atoms with Gasteiger partial charge in [0.2, 0.25) is 5.91 Å². The molecule has 0 bridgehead atoms. The Kier molecular flexibility index (Phi) is 2.77. The van der Waals surface area contributed by atoms with Crippen molar-refractivity contribution < 1.29 is 4.79 Å². The number of carbonyl (C=O) groups is 1. The molecule has 3 heterocycles. The number of rotatable bonds is 2. The molecule has 6 heteroatoms. The fraction of sp³-hybridized carbons (Fsp3) is 0.583. The smallest absolute Gasteiger partial charge is 0.223 e. The first kappa shape index (κ1) is 11.3. The number of fused-ring (bicyclic) bond motifs is 1. The minimum absolute atomic E-state index is 0.304. The zero-order valence-electron chi connectivity index (χ0n) is 10.5. The standard InChI is InChI=1S/C12H17N5O/c1-13-10-6-11(15-8-14-10)16-4-5-17-9(7-16)2-3-12(17)18/h6,8-9H,2-5,7H2,1H3,(H,13,14,15). The Hall–Kier alpha value is -1.85. The summed E-state index contributed by atoms with van der Waals surface area (Å²) in [6.45, 7) is 2.54. The summed E-state index contributed by atoms with van der Waals surface area (Å²) in [5.74, 6) is 2.07. The molecule has 2 saturated heterocycles. The van der Waals surface area contributed by atoms with Gasteiger partial charge in [0.1, 0.15) is 18.0 Å². The maximum atomic E-state index is 11.6. The summed E-state index contributed by atoms with van der Waals surface area (Å²) >= 11 is 0. The van der Waals surface area contributed by atoms with Crippen LogP contribution in [0.1, 0.15) is 12.8 Å². The van der Waals surface area contributed by atoms with Crippen molar-refractivity contribution in [2.75, 3.05) is 36.9 Å². The van der Waals surface area contributed by atoms with E-state index in [0.29, 0.717) is 18.4 Å². The Morgan fingerprint density at radius 1 is 1.39 bits per heavy atom. The van der Waals surface area contributed by atoms with E-state index in [1.807, 2.05) is 18.0 Å². The Bertz CT molecular complexity index is 464. The zero-order chi connectivity index (χ0) is 12.5. The molecule has 0 spiro atoms. The quantitative estimate of drug-likeness (QED) is 0.816. The van der Waals surface area contributed by atoms with Gasteiger partial charge in [-0.15, -0.1) is 0 Å². The van der Waals surface area contributed by atoms with Gasteiger partial charge in [-0.25, -0.2) is 9.97 Å². The number of carbonyl (C=O) groups excluding carboxylic acids is 1. The van der Waals surface area contributed by atoms with Crippen molar-refractivity contribution >= 4 is 17.5 Å². The number of hydrogen-bond acceptors (Lipinski definition) is 5. The second-order valence-corrected chi connectivity index (χ2v) is 4.74. The minimum atomic E-state index is 0.304. The summed E-state index contributed by atoms with van der Waals surface area (Å²) in [4.78, 5) is 24.3. The lowest BCUT2D eigenvalue weighted by Crippen LogP contribution is -2.51. The molecule has 0 saturated carbocycles. The lowest BCUT2D eigenvalue weighted by atomic mass is 10.1. The first-order valence-electron chi connectivity index (χ1n) is 6.32. The van der Waals surface area contributed by atoms with E-state index in [1.165, 1.54) is 0 Å². The van der Waals surface area contributed by atoms with Gasteiger partial charge < -0.3 is 15.1 Å². The lowest BCUT2D eigenvalue weighted by Gasteiger charge is -2.38. The van der Waals surface area contributed by atoms with E-state index >= 15 is 0 Å². The molecule has 2 aliphatic rings. The van der Waals surface area contributed by atoms with Crippen LogP contribution in [0.15, 0.2) is 12.4 Å². The second kappa shape index (κ2) is 4.44. The third kappa shape index (κ3) is 1.87. The van der Waals surface area contributed by atoms with Gasteiger partial charge in [0, 0.05) is 45.2 Å². The molecule has 1 N–H and O–H groups in total. The normalized spacial score (nSPS) is 23.2. The molecule has 1 unspecified atom stereocenters. The fourth-order valence-corrected chi connectivity index (χ4v) is 2.73. The Balaban J connectivity index is 1.76. The molecule has 0 aliphatic carbocycles. The van der Waals surface area contributed by atoms with Crippen LogP contribution in [-0.4, -0.2) is 53.5 Å². The molecule has 1 atom stereocenters. The molecule has 0 aromatic carbocycles. The highest BCUT2D eigenvalue weighted by Gasteiger charge is 2.35. The molecule has 6 nitrogen and oxygen atoms in total. The van der Waals surface area contributed by atoms with E-state index in [-0.39, 0.29) is 0 Å². The molecule has 1 aromatic heterocycles. The van der Waals surface area contributed by atoms with E-state index in [0.717, 1.165) is 37.7 Å². The fourth-order valence-electron chi connectivity index (χ4n) is 2.73. The third-order valence-electron chi connectivity index (χ3n) is 3.73. The summed E-state index contributed by atoms with van der Waals surface area (Å²) < 4.78 is 0. The second-order valence-electron chi connectivity index (χ2n) is 4.74. The Labute approximate surface area is 106 Å².